The number of hydrogen-bond donors (Lipinski definition) is 2. The van der Waals surface area contributed by atoms with Gasteiger partial charge in [0.15, 0.2) is 0 Å². The van der Waals surface area contributed by atoms with Crippen molar-refractivity contribution in [2.75, 3.05) is 43.6 Å². The lowest BCUT2D eigenvalue weighted by Crippen LogP contribution is -2.52. The van der Waals surface area contributed by atoms with Crippen LogP contribution in [0.15, 0.2) is 59.5 Å². The molecule has 2 aromatic carbocycles. The molecule has 2 spiro atoms. The zero-order chi connectivity index (χ0) is 32.0. The molecule has 2 aromatic rings. The van der Waals surface area contributed by atoms with Crippen LogP contribution in [0.2, 0.25) is 5.02 Å². The van der Waals surface area contributed by atoms with Gasteiger partial charge in [-0.15, -0.1) is 0 Å². The molecular weight excluding hydrogens is 629 g/mol. The number of hydrogen-bond acceptors (Lipinski definition) is 5. The van der Waals surface area contributed by atoms with Gasteiger partial charge >= 0.3 is 6.18 Å². The van der Waals surface area contributed by atoms with E-state index in [2.05, 4.69) is 10.6 Å². The van der Waals surface area contributed by atoms with Crippen molar-refractivity contribution in [2.45, 2.75) is 49.6 Å². The van der Waals surface area contributed by atoms with Gasteiger partial charge in [0.25, 0.3) is 15.9 Å². The maximum Gasteiger partial charge on any atom is 0.416 e. The number of alkyl halides is 3. The van der Waals surface area contributed by atoms with Gasteiger partial charge in [-0.25, -0.2) is 8.42 Å². The molecule has 6 rings (SSSR count). The maximum atomic E-state index is 14.2. The van der Waals surface area contributed by atoms with Crippen molar-refractivity contribution < 1.29 is 31.2 Å². The number of carbonyl (C=O) groups is 2. The molecule has 8 nitrogen and oxygen atoms in total. The van der Waals surface area contributed by atoms with Crippen molar-refractivity contribution in [3.63, 3.8) is 0 Å². The third-order valence-corrected chi connectivity index (χ3v) is 12.2. The first kappa shape index (κ1) is 31.9. The number of benzene rings is 2. The van der Waals surface area contributed by atoms with E-state index >= 15 is 0 Å². The Labute approximate surface area is 266 Å². The summed E-state index contributed by atoms with van der Waals surface area (Å²) in [6.07, 6.45) is 3.27. The van der Waals surface area contributed by atoms with E-state index in [1.807, 2.05) is 0 Å². The average Bonchev–Trinajstić information content (AvgIpc) is 3.40. The Morgan fingerprint density at radius 3 is 2.49 bits per heavy atom. The van der Waals surface area contributed by atoms with Gasteiger partial charge in [0.05, 0.1) is 38.7 Å². The predicted octanol–water partition coefficient (Wildman–Crippen LogP) is 5.24. The Balaban J connectivity index is 1.44. The molecule has 13 heteroatoms. The van der Waals surface area contributed by atoms with Crippen LogP contribution in [0.25, 0.3) is 0 Å². The van der Waals surface area contributed by atoms with Gasteiger partial charge < -0.3 is 15.5 Å². The summed E-state index contributed by atoms with van der Waals surface area (Å²) in [5.74, 6) is -0.471. The molecule has 0 radical (unpaired) electrons. The lowest BCUT2D eigenvalue weighted by atomic mass is 9.63. The summed E-state index contributed by atoms with van der Waals surface area (Å²) >= 11 is 6.46. The predicted molar refractivity (Wildman–Crippen MR) is 164 cm³/mol. The van der Waals surface area contributed by atoms with Crippen LogP contribution < -0.4 is 14.9 Å². The van der Waals surface area contributed by atoms with E-state index in [1.54, 1.807) is 17.1 Å². The van der Waals surface area contributed by atoms with E-state index < -0.39 is 33.1 Å². The number of nitrogens with zero attached hydrogens (tertiary/aromatic N) is 2. The van der Waals surface area contributed by atoms with Crippen molar-refractivity contribution in [1.29, 1.82) is 0 Å². The Morgan fingerprint density at radius 1 is 1.00 bits per heavy atom. The zero-order valence-corrected chi connectivity index (χ0v) is 26.3. The minimum Gasteiger partial charge on any atom is -0.355 e. The second-order valence-corrected chi connectivity index (χ2v) is 15.0. The summed E-state index contributed by atoms with van der Waals surface area (Å²) in [5, 5.41) is 6.59. The zero-order valence-electron chi connectivity index (χ0n) is 24.7. The number of halogens is 4. The van der Waals surface area contributed by atoms with Crippen molar-refractivity contribution in [3.05, 3.63) is 70.8 Å². The van der Waals surface area contributed by atoms with Crippen LogP contribution in [0.3, 0.4) is 0 Å². The molecule has 2 unspecified atom stereocenters. The summed E-state index contributed by atoms with van der Waals surface area (Å²) in [6, 6.07) is 7.94. The number of carbonyl (C=O) groups excluding carboxylic acids is 2. The highest BCUT2D eigenvalue weighted by molar-refractivity contribution is 7.92. The van der Waals surface area contributed by atoms with Crippen LogP contribution in [-0.2, 0) is 21.0 Å². The first-order valence-electron chi connectivity index (χ1n) is 15.3. The normalized spacial score (nSPS) is 27.6. The molecule has 3 fully saturated rings. The standard InChI is InChI=1S/C32H36ClF3N4O4S/c33-27-9-8-25-17-26(27)28(41)39-19-23(31(21-39)11-4-12-31)18-38-29(42)30(13-5-14-37-20-30)10-1-2-15-40(45(25,43)44)24-7-3-6-22(16-24)32(34,35)36/h1-3,6-9,16-17,23,37H,4-5,10-15,18-21H2,(H,38,42)/b2-1+. The highest BCUT2D eigenvalue weighted by Gasteiger charge is 2.52. The summed E-state index contributed by atoms with van der Waals surface area (Å²) in [7, 11) is -4.47. The number of amides is 2. The first-order chi connectivity index (χ1) is 21.3. The lowest BCUT2D eigenvalue weighted by molar-refractivity contribution is -0.137. The van der Waals surface area contributed by atoms with Crippen LogP contribution in [0.1, 0.15) is 54.4 Å². The van der Waals surface area contributed by atoms with E-state index in [0.29, 0.717) is 39.0 Å². The van der Waals surface area contributed by atoms with Crippen LogP contribution >= 0.6 is 11.6 Å². The summed E-state index contributed by atoms with van der Waals surface area (Å²) < 4.78 is 70.2. The highest BCUT2D eigenvalue weighted by atomic mass is 35.5. The minimum absolute atomic E-state index is 0.00739. The number of piperidine rings is 1. The molecule has 2 saturated heterocycles. The highest BCUT2D eigenvalue weighted by Crippen LogP contribution is 2.52. The molecule has 2 amide bonds. The molecule has 2 atom stereocenters. The topological polar surface area (TPSA) is 98.8 Å². The average molecular weight is 665 g/mol. The third kappa shape index (κ3) is 5.96. The summed E-state index contributed by atoms with van der Waals surface area (Å²) in [5.41, 5.74) is -2.05. The van der Waals surface area contributed by atoms with Crippen molar-refractivity contribution >= 4 is 39.1 Å². The summed E-state index contributed by atoms with van der Waals surface area (Å²) in [4.78, 5) is 29.1. The van der Waals surface area contributed by atoms with Crippen molar-refractivity contribution in [1.82, 2.24) is 15.5 Å². The number of fused-ring (bicyclic) bond motifs is 5. The first-order valence-corrected chi connectivity index (χ1v) is 17.1. The second kappa shape index (κ2) is 11.9. The van der Waals surface area contributed by atoms with Crippen molar-refractivity contribution in [2.24, 2.45) is 16.7 Å². The molecule has 4 aliphatic rings. The van der Waals surface area contributed by atoms with E-state index in [1.165, 1.54) is 24.3 Å². The Kier molecular flexibility index (Phi) is 8.45. The maximum absolute atomic E-state index is 14.2. The van der Waals surface area contributed by atoms with Crippen LogP contribution in [0.4, 0.5) is 18.9 Å². The molecule has 2 N–H and O–H groups in total. The van der Waals surface area contributed by atoms with Crippen molar-refractivity contribution in [3.8, 4) is 0 Å². The Hall–Kier alpha value is -3.09. The molecule has 4 bridgehead atoms. The molecule has 1 saturated carbocycles. The van der Waals surface area contributed by atoms with E-state index in [0.717, 1.165) is 54.7 Å². The van der Waals surface area contributed by atoms with Gasteiger partial charge in [-0.3, -0.25) is 13.9 Å². The molecule has 0 aromatic heterocycles. The fraction of sp³-hybridized carbons (Fsp3) is 0.500. The Morgan fingerprint density at radius 2 is 1.80 bits per heavy atom. The molecule has 3 heterocycles. The number of rotatable bonds is 1. The molecule has 242 valence electrons. The van der Waals surface area contributed by atoms with Crippen LogP contribution in [0.5, 0.6) is 0 Å². The quantitative estimate of drug-likeness (QED) is 0.407. The monoisotopic (exact) mass is 664 g/mol. The second-order valence-electron chi connectivity index (χ2n) is 12.8. The SMILES string of the molecule is O=C1c2cc(ccc2Cl)S(=O)(=O)N(c2cccc(C(F)(F)F)c2)C/C=C/CC2(CCCNC2)C(=O)NCC2CN1CC21CCC1. The van der Waals surface area contributed by atoms with Crippen LogP contribution in [-0.4, -0.2) is 64.4 Å². The minimum atomic E-state index is -4.69. The number of anilines is 1. The lowest BCUT2D eigenvalue weighted by Gasteiger charge is -2.43. The van der Waals surface area contributed by atoms with Gasteiger partial charge in [0.2, 0.25) is 5.91 Å². The fourth-order valence-electron chi connectivity index (χ4n) is 7.28. The van der Waals surface area contributed by atoms with Crippen LogP contribution in [0, 0.1) is 16.7 Å². The summed E-state index contributed by atoms with van der Waals surface area (Å²) in [6.45, 7) is 2.24. The molecular formula is C32H36ClF3N4O4S. The van der Waals surface area contributed by atoms with E-state index in [9.17, 15) is 31.2 Å². The van der Waals surface area contributed by atoms with E-state index in [-0.39, 0.29) is 45.0 Å². The number of allylic oxidation sites excluding steroid dienone is 1. The van der Waals surface area contributed by atoms with Gasteiger partial charge in [-0.1, -0.05) is 36.2 Å². The van der Waals surface area contributed by atoms with Gasteiger partial charge in [-0.2, -0.15) is 13.2 Å². The molecule has 3 aliphatic heterocycles. The molecule has 45 heavy (non-hydrogen) atoms. The number of nitrogens with one attached hydrogen (secondary N) is 2. The van der Waals surface area contributed by atoms with Gasteiger partial charge in [-0.05, 0) is 80.5 Å². The number of sulfonamides is 1. The fourth-order valence-corrected chi connectivity index (χ4v) is 8.92. The Bertz CT molecular complexity index is 1620. The van der Waals surface area contributed by atoms with E-state index in [4.69, 9.17) is 11.6 Å². The van der Waals surface area contributed by atoms with Gasteiger partial charge in [0.1, 0.15) is 0 Å². The van der Waals surface area contributed by atoms with Gasteiger partial charge in [0, 0.05) is 32.1 Å². The molecule has 1 aliphatic carbocycles. The third-order valence-electron chi connectivity index (χ3n) is 10.1. The largest absolute Gasteiger partial charge is 0.416 e. The smallest absolute Gasteiger partial charge is 0.355 e.